The van der Waals surface area contributed by atoms with Gasteiger partial charge in [-0.1, -0.05) is 11.6 Å². The minimum atomic E-state index is -3.68. The zero-order valence-electron chi connectivity index (χ0n) is 12.4. The van der Waals surface area contributed by atoms with Crippen LogP contribution in [0.5, 0.6) is 0 Å². The maximum atomic E-state index is 12.7. The molecule has 0 saturated carbocycles. The summed E-state index contributed by atoms with van der Waals surface area (Å²) in [5, 5.41) is 0.340. The van der Waals surface area contributed by atoms with Gasteiger partial charge in [-0.05, 0) is 24.6 Å². The minimum Gasteiger partial charge on any atom is -0.397 e. The summed E-state index contributed by atoms with van der Waals surface area (Å²) >= 11 is 5.91. The summed E-state index contributed by atoms with van der Waals surface area (Å²) in [5.74, 6) is 0. The van der Waals surface area contributed by atoms with Crippen LogP contribution in [0.15, 0.2) is 17.0 Å². The Labute approximate surface area is 130 Å². The highest BCUT2D eigenvalue weighted by molar-refractivity contribution is 7.89. The third-order valence-electron chi connectivity index (χ3n) is 3.00. The molecule has 1 aromatic rings. The first kappa shape index (κ1) is 18.2. The van der Waals surface area contributed by atoms with E-state index in [9.17, 15) is 8.42 Å². The standard InChI is InChI=1S/C13H21ClN2O4S/c1-10-8-11(14)12(15)9-13(10)21(17,18)16(4-6-19-2)5-7-20-3/h8-9H,4-7,15H2,1-3H3. The first-order chi connectivity index (χ1) is 9.84. The number of methoxy groups -OCH3 is 2. The molecule has 0 aromatic heterocycles. The maximum Gasteiger partial charge on any atom is 0.243 e. The normalized spacial score (nSPS) is 12.0. The Balaban J connectivity index is 3.18. The first-order valence-electron chi connectivity index (χ1n) is 6.38. The molecule has 0 bridgehead atoms. The SMILES string of the molecule is COCCN(CCOC)S(=O)(=O)c1cc(N)c(Cl)cc1C. The van der Waals surface area contributed by atoms with Gasteiger partial charge in [-0.3, -0.25) is 0 Å². The summed E-state index contributed by atoms with van der Waals surface area (Å²) in [4.78, 5) is 0.150. The number of sulfonamides is 1. The van der Waals surface area contributed by atoms with Crippen LogP contribution in [0.4, 0.5) is 5.69 Å². The summed E-state index contributed by atoms with van der Waals surface area (Å²) in [7, 11) is -0.640. The van der Waals surface area contributed by atoms with Crippen LogP contribution in [0, 0.1) is 6.92 Å². The second-order valence-corrected chi connectivity index (χ2v) is 6.84. The average molecular weight is 337 g/mol. The highest BCUT2D eigenvalue weighted by Crippen LogP contribution is 2.28. The van der Waals surface area contributed by atoms with E-state index in [1.54, 1.807) is 13.0 Å². The highest BCUT2D eigenvalue weighted by atomic mass is 35.5. The van der Waals surface area contributed by atoms with E-state index in [2.05, 4.69) is 0 Å². The van der Waals surface area contributed by atoms with Gasteiger partial charge in [0.1, 0.15) is 0 Å². The van der Waals surface area contributed by atoms with Crippen molar-refractivity contribution in [3.63, 3.8) is 0 Å². The van der Waals surface area contributed by atoms with Crippen molar-refractivity contribution >= 4 is 27.3 Å². The largest absolute Gasteiger partial charge is 0.397 e. The molecule has 2 N–H and O–H groups in total. The van der Waals surface area contributed by atoms with Crippen molar-refractivity contribution in [2.24, 2.45) is 0 Å². The smallest absolute Gasteiger partial charge is 0.243 e. The van der Waals surface area contributed by atoms with Crippen molar-refractivity contribution in [3.8, 4) is 0 Å². The number of aryl methyl sites for hydroxylation is 1. The molecule has 1 aromatic carbocycles. The minimum absolute atomic E-state index is 0.150. The molecule has 0 unspecified atom stereocenters. The molecule has 0 fully saturated rings. The zero-order valence-corrected chi connectivity index (χ0v) is 14.0. The van der Waals surface area contributed by atoms with E-state index < -0.39 is 10.0 Å². The number of ether oxygens (including phenoxy) is 2. The van der Waals surface area contributed by atoms with Gasteiger partial charge in [0.2, 0.25) is 10.0 Å². The molecule has 6 nitrogen and oxygen atoms in total. The van der Waals surface area contributed by atoms with E-state index in [0.29, 0.717) is 23.8 Å². The number of rotatable bonds is 8. The molecule has 120 valence electrons. The van der Waals surface area contributed by atoms with Crippen molar-refractivity contribution < 1.29 is 17.9 Å². The number of nitrogen functional groups attached to an aromatic ring is 1. The molecule has 0 aliphatic heterocycles. The Morgan fingerprint density at radius 2 is 1.71 bits per heavy atom. The number of hydrogen-bond acceptors (Lipinski definition) is 5. The maximum absolute atomic E-state index is 12.7. The van der Waals surface area contributed by atoms with Crippen molar-refractivity contribution in [2.45, 2.75) is 11.8 Å². The van der Waals surface area contributed by atoms with Gasteiger partial charge in [0, 0.05) is 27.3 Å². The van der Waals surface area contributed by atoms with E-state index in [1.165, 1.54) is 24.6 Å². The molecule has 1 rings (SSSR count). The van der Waals surface area contributed by atoms with Crippen molar-refractivity contribution in [1.82, 2.24) is 4.31 Å². The Morgan fingerprint density at radius 3 is 2.19 bits per heavy atom. The molecule has 0 atom stereocenters. The number of nitrogens with zero attached hydrogens (tertiary/aromatic N) is 1. The van der Waals surface area contributed by atoms with Gasteiger partial charge in [0.25, 0.3) is 0 Å². The predicted octanol–water partition coefficient (Wildman–Crippen LogP) is 1.51. The number of nitrogens with two attached hydrogens (primary N) is 1. The molecule has 0 saturated heterocycles. The molecular formula is C13H21ClN2O4S. The lowest BCUT2D eigenvalue weighted by molar-refractivity contribution is 0.150. The van der Waals surface area contributed by atoms with Crippen molar-refractivity contribution in [1.29, 1.82) is 0 Å². The van der Waals surface area contributed by atoms with E-state index in [-0.39, 0.29) is 23.7 Å². The Morgan fingerprint density at radius 1 is 1.19 bits per heavy atom. The van der Waals surface area contributed by atoms with Crippen LogP contribution in [0.1, 0.15) is 5.56 Å². The molecule has 0 spiro atoms. The summed E-state index contributed by atoms with van der Waals surface area (Å²) in [6, 6.07) is 2.94. The van der Waals surface area contributed by atoms with Crippen LogP contribution in [0.25, 0.3) is 0 Å². The fourth-order valence-corrected chi connectivity index (χ4v) is 3.69. The van der Waals surface area contributed by atoms with Gasteiger partial charge in [-0.2, -0.15) is 4.31 Å². The van der Waals surface area contributed by atoms with E-state index in [4.69, 9.17) is 26.8 Å². The van der Waals surface area contributed by atoms with Gasteiger partial charge >= 0.3 is 0 Å². The Kier molecular flexibility index (Phi) is 6.89. The summed E-state index contributed by atoms with van der Waals surface area (Å²) in [5.41, 5.74) is 6.51. The van der Waals surface area contributed by atoms with Gasteiger partial charge < -0.3 is 15.2 Å². The molecular weight excluding hydrogens is 316 g/mol. The van der Waals surface area contributed by atoms with Crippen LogP contribution < -0.4 is 5.73 Å². The topological polar surface area (TPSA) is 81.9 Å². The quantitative estimate of drug-likeness (QED) is 0.728. The number of hydrogen-bond donors (Lipinski definition) is 1. The van der Waals surface area contributed by atoms with Crippen LogP contribution in [-0.4, -0.2) is 53.2 Å². The summed E-state index contributed by atoms with van der Waals surface area (Å²) in [6.45, 7) is 2.76. The molecule has 0 radical (unpaired) electrons. The average Bonchev–Trinajstić information content (AvgIpc) is 2.42. The van der Waals surface area contributed by atoms with Gasteiger partial charge in [-0.15, -0.1) is 0 Å². The van der Waals surface area contributed by atoms with Gasteiger partial charge in [-0.25, -0.2) is 8.42 Å². The van der Waals surface area contributed by atoms with Crippen LogP contribution in [0.2, 0.25) is 5.02 Å². The zero-order chi connectivity index (χ0) is 16.0. The third kappa shape index (κ3) is 4.55. The molecule has 0 aliphatic rings. The van der Waals surface area contributed by atoms with Crippen LogP contribution in [-0.2, 0) is 19.5 Å². The van der Waals surface area contributed by atoms with Gasteiger partial charge in [0.05, 0.1) is 28.8 Å². The molecule has 8 heteroatoms. The van der Waals surface area contributed by atoms with Gasteiger partial charge in [0.15, 0.2) is 0 Å². The fraction of sp³-hybridized carbons (Fsp3) is 0.538. The molecule has 0 aliphatic carbocycles. The van der Waals surface area contributed by atoms with Crippen LogP contribution >= 0.6 is 11.6 Å². The molecule has 0 amide bonds. The lowest BCUT2D eigenvalue weighted by Crippen LogP contribution is -2.36. The molecule has 21 heavy (non-hydrogen) atoms. The Bertz CT molecular complexity index is 570. The van der Waals surface area contributed by atoms with Crippen molar-refractivity contribution in [2.75, 3.05) is 46.3 Å². The van der Waals surface area contributed by atoms with Crippen molar-refractivity contribution in [3.05, 3.63) is 22.7 Å². The van der Waals surface area contributed by atoms with E-state index in [0.717, 1.165) is 0 Å². The second kappa shape index (κ2) is 7.95. The second-order valence-electron chi connectivity index (χ2n) is 4.53. The first-order valence-corrected chi connectivity index (χ1v) is 8.20. The Hall–Kier alpha value is -0.860. The van der Waals surface area contributed by atoms with Crippen LogP contribution in [0.3, 0.4) is 0 Å². The monoisotopic (exact) mass is 336 g/mol. The van der Waals surface area contributed by atoms with E-state index in [1.807, 2.05) is 0 Å². The summed E-state index contributed by atoms with van der Waals surface area (Å²) < 4.78 is 36.7. The predicted molar refractivity (Wildman–Crippen MR) is 83.1 cm³/mol. The number of halogens is 1. The highest BCUT2D eigenvalue weighted by Gasteiger charge is 2.26. The lowest BCUT2D eigenvalue weighted by Gasteiger charge is -2.23. The summed E-state index contributed by atoms with van der Waals surface area (Å²) in [6.07, 6.45) is 0. The lowest BCUT2D eigenvalue weighted by atomic mass is 10.2. The number of anilines is 1. The molecule has 0 heterocycles. The third-order valence-corrected chi connectivity index (χ3v) is 5.37. The fourth-order valence-electron chi connectivity index (χ4n) is 1.82. The van der Waals surface area contributed by atoms with E-state index >= 15 is 0 Å². The number of benzene rings is 1.